The van der Waals surface area contributed by atoms with E-state index < -0.39 is 0 Å². The first-order valence-corrected chi connectivity index (χ1v) is 6.12. The highest BCUT2D eigenvalue weighted by Gasteiger charge is 2.30. The molecule has 0 heterocycles. The summed E-state index contributed by atoms with van der Waals surface area (Å²) in [6.07, 6.45) is 0.520. The van der Waals surface area contributed by atoms with Crippen molar-refractivity contribution >= 4 is 11.9 Å². The fraction of sp³-hybridized carbons (Fsp3) is 0.846. The monoisotopic (exact) mass is 244 g/mol. The molecule has 4 heteroatoms. The highest BCUT2D eigenvalue weighted by atomic mass is 16.5. The molecular weight excluding hydrogens is 220 g/mol. The van der Waals surface area contributed by atoms with Crippen LogP contribution in [-0.2, 0) is 19.1 Å². The van der Waals surface area contributed by atoms with Crippen molar-refractivity contribution in [3.63, 3.8) is 0 Å². The lowest BCUT2D eigenvalue weighted by molar-refractivity contribution is -0.148. The van der Waals surface area contributed by atoms with Gasteiger partial charge in [0, 0.05) is 12.8 Å². The topological polar surface area (TPSA) is 52.6 Å². The molecule has 0 saturated carbocycles. The molecular formula is C13H24O4. The summed E-state index contributed by atoms with van der Waals surface area (Å²) in [6.45, 7) is 10.3. The molecule has 0 saturated heterocycles. The normalized spacial score (nSPS) is 11.4. The van der Waals surface area contributed by atoms with E-state index >= 15 is 0 Å². The van der Waals surface area contributed by atoms with Crippen molar-refractivity contribution in [1.82, 2.24) is 0 Å². The minimum absolute atomic E-state index is 0.0550. The summed E-state index contributed by atoms with van der Waals surface area (Å²) in [7, 11) is 0. The van der Waals surface area contributed by atoms with E-state index in [0.29, 0.717) is 13.2 Å². The van der Waals surface area contributed by atoms with E-state index in [1.54, 1.807) is 13.8 Å². The highest BCUT2D eigenvalue weighted by molar-refractivity contribution is 5.73. The Hall–Kier alpha value is -1.06. The first-order chi connectivity index (χ1) is 7.81. The number of carbonyl (C=O) groups is 2. The van der Waals surface area contributed by atoms with Gasteiger partial charge in [-0.2, -0.15) is 0 Å². The fourth-order valence-electron chi connectivity index (χ4n) is 1.53. The smallest absolute Gasteiger partial charge is 0.306 e. The maximum atomic E-state index is 11.5. The molecule has 0 aliphatic carbocycles. The van der Waals surface area contributed by atoms with Crippen LogP contribution in [0.1, 0.15) is 47.5 Å². The summed E-state index contributed by atoms with van der Waals surface area (Å²) in [6, 6.07) is 0. The van der Waals surface area contributed by atoms with Crippen LogP contribution >= 0.6 is 0 Å². The maximum absolute atomic E-state index is 11.5. The number of hydrogen-bond donors (Lipinski definition) is 0. The van der Waals surface area contributed by atoms with Gasteiger partial charge in [0.2, 0.25) is 0 Å². The second kappa shape index (κ2) is 7.30. The second-order valence-electron chi connectivity index (χ2n) is 5.08. The number of carbonyl (C=O) groups excluding carboxylic acids is 2. The van der Waals surface area contributed by atoms with Gasteiger partial charge in [-0.25, -0.2) is 0 Å². The zero-order valence-corrected chi connectivity index (χ0v) is 11.5. The summed E-state index contributed by atoms with van der Waals surface area (Å²) < 4.78 is 9.84. The summed E-state index contributed by atoms with van der Waals surface area (Å²) in [5, 5.41) is 0. The van der Waals surface area contributed by atoms with Crippen LogP contribution in [0.15, 0.2) is 0 Å². The molecule has 0 rings (SSSR count). The van der Waals surface area contributed by atoms with Gasteiger partial charge in [-0.05, 0) is 25.2 Å². The van der Waals surface area contributed by atoms with E-state index in [9.17, 15) is 9.59 Å². The Bertz CT molecular complexity index is 233. The van der Waals surface area contributed by atoms with Crippen molar-refractivity contribution in [2.45, 2.75) is 47.5 Å². The van der Waals surface area contributed by atoms with Crippen LogP contribution in [-0.4, -0.2) is 25.2 Å². The fourth-order valence-corrected chi connectivity index (χ4v) is 1.53. The Morgan fingerprint density at radius 3 is 1.53 bits per heavy atom. The van der Waals surface area contributed by atoms with Crippen LogP contribution in [0, 0.1) is 11.3 Å². The van der Waals surface area contributed by atoms with Crippen molar-refractivity contribution < 1.29 is 19.1 Å². The molecule has 4 nitrogen and oxygen atoms in total. The van der Waals surface area contributed by atoms with Crippen LogP contribution in [0.5, 0.6) is 0 Å². The van der Waals surface area contributed by atoms with Gasteiger partial charge in [0.25, 0.3) is 0 Å². The molecule has 0 aliphatic heterocycles. The van der Waals surface area contributed by atoms with E-state index in [4.69, 9.17) is 9.47 Å². The molecule has 17 heavy (non-hydrogen) atoms. The number of hydrogen-bond acceptors (Lipinski definition) is 4. The number of esters is 2. The Balaban J connectivity index is 4.45. The summed E-state index contributed by atoms with van der Waals surface area (Å²) >= 11 is 0. The Kier molecular flexibility index (Phi) is 6.85. The summed E-state index contributed by atoms with van der Waals surface area (Å²) in [5.41, 5.74) is -0.125. The SMILES string of the molecule is CCOC(=O)CC(CC(=O)OCC)C(C)(C)C. The highest BCUT2D eigenvalue weighted by Crippen LogP contribution is 2.32. The second-order valence-corrected chi connectivity index (χ2v) is 5.08. The molecule has 100 valence electrons. The van der Waals surface area contributed by atoms with Crippen LogP contribution < -0.4 is 0 Å². The lowest BCUT2D eigenvalue weighted by Gasteiger charge is -2.29. The standard InChI is InChI=1S/C13H24O4/c1-6-16-11(14)8-10(13(3,4)5)9-12(15)17-7-2/h10H,6-9H2,1-5H3. The van der Waals surface area contributed by atoms with Gasteiger partial charge in [-0.3, -0.25) is 9.59 Å². The average molecular weight is 244 g/mol. The molecule has 0 aromatic heterocycles. The third kappa shape index (κ3) is 6.97. The van der Waals surface area contributed by atoms with Crippen molar-refractivity contribution in [3.8, 4) is 0 Å². The molecule has 0 fully saturated rings. The maximum Gasteiger partial charge on any atom is 0.306 e. The molecule has 0 N–H and O–H groups in total. The zero-order valence-electron chi connectivity index (χ0n) is 11.5. The minimum Gasteiger partial charge on any atom is -0.466 e. The van der Waals surface area contributed by atoms with Crippen LogP contribution in [0.2, 0.25) is 0 Å². The predicted molar refractivity (Wildman–Crippen MR) is 65.4 cm³/mol. The Morgan fingerprint density at radius 1 is 0.941 bits per heavy atom. The van der Waals surface area contributed by atoms with E-state index in [-0.39, 0.29) is 36.1 Å². The number of ether oxygens (including phenoxy) is 2. The Morgan fingerprint density at radius 2 is 1.29 bits per heavy atom. The lowest BCUT2D eigenvalue weighted by atomic mass is 9.77. The van der Waals surface area contributed by atoms with Gasteiger partial charge in [-0.15, -0.1) is 0 Å². The minimum atomic E-state index is -0.253. The largest absolute Gasteiger partial charge is 0.466 e. The third-order valence-electron chi connectivity index (χ3n) is 2.66. The van der Waals surface area contributed by atoms with Crippen LogP contribution in [0.3, 0.4) is 0 Å². The third-order valence-corrected chi connectivity index (χ3v) is 2.66. The van der Waals surface area contributed by atoms with E-state index in [1.807, 2.05) is 20.8 Å². The molecule has 0 radical (unpaired) electrons. The van der Waals surface area contributed by atoms with Crippen molar-refractivity contribution in [2.24, 2.45) is 11.3 Å². The summed E-state index contributed by atoms with van der Waals surface area (Å²) in [5.74, 6) is -0.561. The molecule has 0 amide bonds. The van der Waals surface area contributed by atoms with Gasteiger partial charge in [-0.1, -0.05) is 20.8 Å². The lowest BCUT2D eigenvalue weighted by Crippen LogP contribution is -2.27. The van der Waals surface area contributed by atoms with Gasteiger partial charge in [0.1, 0.15) is 0 Å². The molecule has 0 bridgehead atoms. The van der Waals surface area contributed by atoms with Gasteiger partial charge in [0.15, 0.2) is 0 Å². The van der Waals surface area contributed by atoms with E-state index in [0.717, 1.165) is 0 Å². The van der Waals surface area contributed by atoms with Gasteiger partial charge < -0.3 is 9.47 Å². The predicted octanol–water partition coefficient (Wildman–Crippen LogP) is 2.56. The first-order valence-electron chi connectivity index (χ1n) is 6.12. The van der Waals surface area contributed by atoms with Gasteiger partial charge >= 0.3 is 11.9 Å². The van der Waals surface area contributed by atoms with Gasteiger partial charge in [0.05, 0.1) is 13.2 Å². The average Bonchev–Trinajstić information content (AvgIpc) is 2.16. The van der Waals surface area contributed by atoms with E-state index in [1.165, 1.54) is 0 Å². The molecule has 0 aromatic carbocycles. The molecule has 0 aliphatic rings. The zero-order chi connectivity index (χ0) is 13.5. The van der Waals surface area contributed by atoms with Crippen molar-refractivity contribution in [1.29, 1.82) is 0 Å². The molecule has 0 unspecified atom stereocenters. The summed E-state index contributed by atoms with van der Waals surface area (Å²) in [4.78, 5) is 22.9. The number of rotatable bonds is 6. The molecule has 0 spiro atoms. The molecule has 0 atom stereocenters. The van der Waals surface area contributed by atoms with Crippen molar-refractivity contribution in [2.75, 3.05) is 13.2 Å². The van der Waals surface area contributed by atoms with E-state index in [2.05, 4.69) is 0 Å². The quantitative estimate of drug-likeness (QED) is 0.674. The molecule has 0 aromatic rings. The van der Waals surface area contributed by atoms with Crippen LogP contribution in [0.25, 0.3) is 0 Å². The van der Waals surface area contributed by atoms with Crippen molar-refractivity contribution in [3.05, 3.63) is 0 Å². The Labute approximate surface area is 104 Å². The first kappa shape index (κ1) is 15.9. The van der Waals surface area contributed by atoms with Crippen LogP contribution in [0.4, 0.5) is 0 Å².